The van der Waals surface area contributed by atoms with Crippen LogP contribution in [-0.4, -0.2) is 14.5 Å². The molecule has 0 saturated carbocycles. The predicted molar refractivity (Wildman–Crippen MR) is 130 cm³/mol. The number of nitrogens with zero attached hydrogens (tertiary/aromatic N) is 3. The minimum Gasteiger partial charge on any atom is -0.300 e. The van der Waals surface area contributed by atoms with Crippen molar-refractivity contribution < 1.29 is 4.39 Å². The first-order valence-corrected chi connectivity index (χ1v) is 11.4. The minimum atomic E-state index is -0.274. The lowest BCUT2D eigenvalue weighted by Gasteiger charge is -2.09. The van der Waals surface area contributed by atoms with Crippen molar-refractivity contribution in [3.05, 3.63) is 108 Å². The highest BCUT2D eigenvalue weighted by Gasteiger charge is 2.18. The lowest BCUT2D eigenvalue weighted by Crippen LogP contribution is -1.96. The smallest absolute Gasteiger partial charge is 0.149 e. The van der Waals surface area contributed by atoms with Crippen LogP contribution in [0.3, 0.4) is 0 Å². The van der Waals surface area contributed by atoms with Crippen LogP contribution in [-0.2, 0) is 5.75 Å². The van der Waals surface area contributed by atoms with E-state index >= 15 is 0 Å². The summed E-state index contributed by atoms with van der Waals surface area (Å²) in [6.45, 7) is 4.25. The second-order valence-corrected chi connectivity index (χ2v) is 8.82. The Morgan fingerprint density at radius 2 is 1.75 bits per heavy atom. The van der Waals surface area contributed by atoms with Gasteiger partial charge in [-0.1, -0.05) is 60.2 Å². The molecule has 3 aromatic carbocycles. The minimum absolute atomic E-state index is 0.274. The number of benzene rings is 3. The van der Waals surface area contributed by atoms with Crippen LogP contribution in [0, 0.1) is 19.7 Å². The molecule has 5 rings (SSSR count). The summed E-state index contributed by atoms with van der Waals surface area (Å²) in [5, 5.41) is 1.91. The summed E-state index contributed by atoms with van der Waals surface area (Å²) in [5.74, 6) is 0.545. The molecule has 0 fully saturated rings. The Morgan fingerprint density at radius 3 is 2.56 bits per heavy atom. The fourth-order valence-corrected chi connectivity index (χ4v) is 4.97. The summed E-state index contributed by atoms with van der Waals surface area (Å²) in [6.07, 6.45) is 3.63. The maximum absolute atomic E-state index is 14.0. The second-order valence-electron chi connectivity index (χ2n) is 7.85. The molecule has 0 amide bonds. The standard InChI is InChI=1S/C27H22FN3S/c1-18-11-12-19(2)21(13-18)16-32-27-25-24(20-7-4-3-5-8-20)15-31(26(25)29-17-30-27)23-10-6-9-22(28)14-23/h3-15,17H,16H2,1-2H3. The van der Waals surface area contributed by atoms with Gasteiger partial charge in [-0.3, -0.25) is 0 Å². The van der Waals surface area contributed by atoms with E-state index in [9.17, 15) is 4.39 Å². The maximum Gasteiger partial charge on any atom is 0.149 e. The Hall–Kier alpha value is -3.44. The first kappa shape index (κ1) is 20.5. The van der Waals surface area contributed by atoms with Crippen molar-refractivity contribution in [2.75, 3.05) is 0 Å². The van der Waals surface area contributed by atoms with Crippen LogP contribution < -0.4 is 0 Å². The molecule has 5 heteroatoms. The number of rotatable bonds is 5. The summed E-state index contributed by atoms with van der Waals surface area (Å²) >= 11 is 1.71. The summed E-state index contributed by atoms with van der Waals surface area (Å²) in [5.41, 5.74) is 7.45. The van der Waals surface area contributed by atoms with E-state index in [1.54, 1.807) is 24.2 Å². The van der Waals surface area contributed by atoms with Gasteiger partial charge in [-0.25, -0.2) is 14.4 Å². The van der Waals surface area contributed by atoms with Gasteiger partial charge in [0.05, 0.1) is 5.39 Å². The van der Waals surface area contributed by atoms with Crippen LogP contribution in [0.25, 0.3) is 27.8 Å². The molecular weight excluding hydrogens is 417 g/mol. The highest BCUT2D eigenvalue weighted by Crippen LogP contribution is 2.38. The number of aromatic nitrogens is 3. The molecule has 0 radical (unpaired) electrons. The van der Waals surface area contributed by atoms with E-state index in [0.717, 1.165) is 38.6 Å². The van der Waals surface area contributed by atoms with Gasteiger partial charge < -0.3 is 4.57 Å². The zero-order valence-electron chi connectivity index (χ0n) is 17.9. The van der Waals surface area contributed by atoms with Crippen molar-refractivity contribution >= 4 is 22.8 Å². The Morgan fingerprint density at radius 1 is 0.906 bits per heavy atom. The van der Waals surface area contributed by atoms with E-state index in [0.29, 0.717) is 0 Å². The largest absolute Gasteiger partial charge is 0.300 e. The van der Waals surface area contributed by atoms with Crippen LogP contribution >= 0.6 is 11.8 Å². The van der Waals surface area contributed by atoms with E-state index in [1.165, 1.54) is 28.8 Å². The van der Waals surface area contributed by atoms with Gasteiger partial charge in [-0.05, 0) is 48.7 Å². The molecule has 5 aromatic rings. The normalized spacial score (nSPS) is 11.2. The van der Waals surface area contributed by atoms with Gasteiger partial charge in [-0.15, -0.1) is 11.8 Å². The van der Waals surface area contributed by atoms with E-state index < -0.39 is 0 Å². The second kappa shape index (κ2) is 8.60. The molecule has 0 saturated heterocycles. The molecule has 3 nitrogen and oxygen atoms in total. The van der Waals surface area contributed by atoms with Crippen molar-refractivity contribution in [3.8, 4) is 16.8 Å². The highest BCUT2D eigenvalue weighted by molar-refractivity contribution is 7.98. The molecule has 0 spiro atoms. The number of aryl methyl sites for hydroxylation is 2. The molecule has 0 aliphatic heterocycles. The molecule has 0 aliphatic carbocycles. The number of hydrogen-bond acceptors (Lipinski definition) is 3. The van der Waals surface area contributed by atoms with Crippen molar-refractivity contribution in [1.82, 2.24) is 14.5 Å². The molecule has 0 bridgehead atoms. The number of thioether (sulfide) groups is 1. The van der Waals surface area contributed by atoms with Crippen LogP contribution in [0.1, 0.15) is 16.7 Å². The maximum atomic E-state index is 14.0. The zero-order valence-corrected chi connectivity index (χ0v) is 18.7. The van der Waals surface area contributed by atoms with Crippen LogP contribution in [0.4, 0.5) is 4.39 Å². The van der Waals surface area contributed by atoms with Crippen LogP contribution in [0.2, 0.25) is 0 Å². The third-order valence-corrected chi connectivity index (χ3v) is 6.63. The topological polar surface area (TPSA) is 30.7 Å². The molecule has 0 N–H and O–H groups in total. The average Bonchev–Trinajstić information content (AvgIpc) is 3.21. The number of halogens is 1. The van der Waals surface area contributed by atoms with Crippen molar-refractivity contribution in [2.45, 2.75) is 24.6 Å². The van der Waals surface area contributed by atoms with Crippen molar-refractivity contribution in [1.29, 1.82) is 0 Å². The SMILES string of the molecule is Cc1ccc(C)c(CSc2ncnc3c2c(-c2ccccc2)cn3-c2cccc(F)c2)c1. The Bertz CT molecular complexity index is 1410. The van der Waals surface area contributed by atoms with E-state index in [2.05, 4.69) is 54.1 Å². The van der Waals surface area contributed by atoms with Gasteiger partial charge in [-0.2, -0.15) is 0 Å². The van der Waals surface area contributed by atoms with Crippen LogP contribution in [0.5, 0.6) is 0 Å². The monoisotopic (exact) mass is 439 g/mol. The van der Waals surface area contributed by atoms with Gasteiger partial charge in [0.15, 0.2) is 0 Å². The summed E-state index contributed by atoms with van der Waals surface area (Å²) in [4.78, 5) is 9.25. The summed E-state index contributed by atoms with van der Waals surface area (Å²) in [6, 6.07) is 23.3. The van der Waals surface area contributed by atoms with Crippen molar-refractivity contribution in [3.63, 3.8) is 0 Å². The Labute approximate surface area is 191 Å². The molecule has 0 unspecified atom stereocenters. The predicted octanol–water partition coefficient (Wildman–Crippen LogP) is 7.14. The highest BCUT2D eigenvalue weighted by atomic mass is 32.2. The first-order chi connectivity index (χ1) is 15.6. The first-order valence-electron chi connectivity index (χ1n) is 10.5. The zero-order chi connectivity index (χ0) is 22.1. The molecular formula is C27H22FN3S. The third-order valence-electron chi connectivity index (χ3n) is 5.59. The van der Waals surface area contributed by atoms with Gasteiger partial charge in [0.1, 0.15) is 22.8 Å². The number of hydrogen-bond donors (Lipinski definition) is 0. The lowest BCUT2D eigenvalue weighted by atomic mass is 10.1. The number of fused-ring (bicyclic) bond motifs is 1. The summed E-state index contributed by atoms with van der Waals surface area (Å²) in [7, 11) is 0. The van der Waals surface area contributed by atoms with E-state index in [1.807, 2.05) is 35.0 Å². The van der Waals surface area contributed by atoms with Crippen LogP contribution in [0.15, 0.2) is 90.3 Å². The molecule has 0 atom stereocenters. The Kier molecular flexibility index (Phi) is 5.50. The Balaban J connectivity index is 1.66. The molecule has 2 heterocycles. The molecule has 2 aromatic heterocycles. The lowest BCUT2D eigenvalue weighted by molar-refractivity contribution is 0.627. The summed E-state index contributed by atoms with van der Waals surface area (Å²) < 4.78 is 15.9. The van der Waals surface area contributed by atoms with Gasteiger partial charge in [0, 0.05) is 23.2 Å². The van der Waals surface area contributed by atoms with Crippen molar-refractivity contribution in [2.24, 2.45) is 0 Å². The van der Waals surface area contributed by atoms with Gasteiger partial charge in [0.25, 0.3) is 0 Å². The van der Waals surface area contributed by atoms with Gasteiger partial charge in [0.2, 0.25) is 0 Å². The molecule has 32 heavy (non-hydrogen) atoms. The fraction of sp³-hybridized carbons (Fsp3) is 0.111. The quantitative estimate of drug-likeness (QED) is 0.215. The molecule has 158 valence electrons. The molecule has 0 aliphatic rings. The van der Waals surface area contributed by atoms with E-state index in [4.69, 9.17) is 0 Å². The van der Waals surface area contributed by atoms with E-state index in [-0.39, 0.29) is 5.82 Å². The third kappa shape index (κ3) is 3.92. The fourth-order valence-electron chi connectivity index (χ4n) is 3.90. The average molecular weight is 440 g/mol. The van der Waals surface area contributed by atoms with Gasteiger partial charge >= 0.3 is 0 Å².